The summed E-state index contributed by atoms with van der Waals surface area (Å²) in [5.41, 5.74) is 6.57. The number of nitrogens with one attached hydrogen (secondary N) is 1. The van der Waals surface area contributed by atoms with E-state index < -0.39 is 0 Å². The standard InChI is InChI=1S/C19H20N2/c1-14-8-9-15(2)18(10-14)19(11-17-12-20-13-21-17)16-6-4-3-5-7-16/h3-10,12-13,19H,11H2,1-2H3,(H,20,21). The van der Waals surface area contributed by atoms with E-state index in [-0.39, 0.29) is 0 Å². The zero-order valence-electron chi connectivity index (χ0n) is 12.5. The van der Waals surface area contributed by atoms with E-state index in [0.717, 1.165) is 6.42 Å². The van der Waals surface area contributed by atoms with Crippen LogP contribution in [0.4, 0.5) is 0 Å². The summed E-state index contributed by atoms with van der Waals surface area (Å²) in [7, 11) is 0. The SMILES string of the molecule is Cc1ccc(C)c(C(Cc2cnc[nH]2)c2ccccc2)c1. The minimum absolute atomic E-state index is 0.353. The van der Waals surface area contributed by atoms with Crippen molar-refractivity contribution in [3.8, 4) is 0 Å². The topological polar surface area (TPSA) is 28.7 Å². The highest BCUT2D eigenvalue weighted by molar-refractivity contribution is 5.40. The summed E-state index contributed by atoms with van der Waals surface area (Å²) in [6.07, 6.45) is 4.61. The molecule has 0 bridgehead atoms. The fourth-order valence-corrected chi connectivity index (χ4v) is 2.84. The normalized spacial score (nSPS) is 12.3. The number of imidazole rings is 1. The van der Waals surface area contributed by atoms with Gasteiger partial charge < -0.3 is 4.98 Å². The van der Waals surface area contributed by atoms with Crippen LogP contribution in [0, 0.1) is 13.8 Å². The van der Waals surface area contributed by atoms with Gasteiger partial charge in [-0.05, 0) is 37.0 Å². The fourth-order valence-electron chi connectivity index (χ4n) is 2.84. The molecule has 0 amide bonds. The third-order valence-electron chi connectivity index (χ3n) is 3.99. The number of aromatic amines is 1. The van der Waals surface area contributed by atoms with Gasteiger partial charge in [0.05, 0.1) is 6.33 Å². The molecule has 0 saturated heterocycles. The Morgan fingerprint density at radius 2 is 1.86 bits per heavy atom. The van der Waals surface area contributed by atoms with E-state index in [1.807, 2.05) is 6.20 Å². The Balaban J connectivity index is 2.05. The van der Waals surface area contributed by atoms with E-state index in [0.29, 0.717) is 5.92 Å². The van der Waals surface area contributed by atoms with Crippen molar-refractivity contribution in [2.75, 3.05) is 0 Å². The highest BCUT2D eigenvalue weighted by Crippen LogP contribution is 2.30. The first kappa shape index (κ1) is 13.6. The van der Waals surface area contributed by atoms with Gasteiger partial charge in [0.2, 0.25) is 0 Å². The summed E-state index contributed by atoms with van der Waals surface area (Å²) in [5, 5.41) is 0. The monoisotopic (exact) mass is 276 g/mol. The highest BCUT2D eigenvalue weighted by Gasteiger charge is 2.17. The Bertz CT molecular complexity index is 700. The molecular weight excluding hydrogens is 256 g/mol. The molecule has 2 heteroatoms. The lowest BCUT2D eigenvalue weighted by atomic mass is 9.84. The van der Waals surface area contributed by atoms with E-state index in [2.05, 4.69) is 72.3 Å². The molecule has 1 atom stereocenters. The molecule has 106 valence electrons. The quantitative estimate of drug-likeness (QED) is 0.751. The fraction of sp³-hybridized carbons (Fsp3) is 0.211. The van der Waals surface area contributed by atoms with Gasteiger partial charge in [0.15, 0.2) is 0 Å². The molecule has 1 unspecified atom stereocenters. The maximum absolute atomic E-state index is 4.15. The lowest BCUT2D eigenvalue weighted by molar-refractivity contribution is 0.780. The van der Waals surface area contributed by atoms with Crippen LogP contribution in [0.3, 0.4) is 0 Å². The zero-order chi connectivity index (χ0) is 14.7. The molecule has 0 radical (unpaired) electrons. The van der Waals surface area contributed by atoms with Crippen molar-refractivity contribution in [2.24, 2.45) is 0 Å². The zero-order valence-corrected chi connectivity index (χ0v) is 12.5. The minimum Gasteiger partial charge on any atom is -0.348 e. The second-order valence-electron chi connectivity index (χ2n) is 5.60. The number of hydrogen-bond acceptors (Lipinski definition) is 1. The molecular formula is C19H20N2. The van der Waals surface area contributed by atoms with E-state index in [4.69, 9.17) is 0 Å². The van der Waals surface area contributed by atoms with Crippen LogP contribution < -0.4 is 0 Å². The number of aromatic nitrogens is 2. The molecule has 0 saturated carbocycles. The molecule has 21 heavy (non-hydrogen) atoms. The third-order valence-corrected chi connectivity index (χ3v) is 3.99. The molecule has 1 heterocycles. The van der Waals surface area contributed by atoms with Gasteiger partial charge in [-0.1, -0.05) is 54.1 Å². The summed E-state index contributed by atoms with van der Waals surface area (Å²) < 4.78 is 0. The Morgan fingerprint density at radius 3 is 2.57 bits per heavy atom. The maximum atomic E-state index is 4.15. The van der Waals surface area contributed by atoms with Gasteiger partial charge in [0.25, 0.3) is 0 Å². The van der Waals surface area contributed by atoms with Gasteiger partial charge in [-0.15, -0.1) is 0 Å². The van der Waals surface area contributed by atoms with Gasteiger partial charge in [0, 0.05) is 17.8 Å². The second-order valence-corrected chi connectivity index (χ2v) is 5.60. The summed E-state index contributed by atoms with van der Waals surface area (Å²) in [5.74, 6) is 0.353. The van der Waals surface area contributed by atoms with Crippen molar-refractivity contribution < 1.29 is 0 Å². The average Bonchev–Trinajstić information content (AvgIpc) is 3.01. The molecule has 1 aromatic heterocycles. The van der Waals surface area contributed by atoms with Crippen LogP contribution in [0.25, 0.3) is 0 Å². The summed E-state index contributed by atoms with van der Waals surface area (Å²) in [6.45, 7) is 4.35. The number of H-pyrrole nitrogens is 1. The Kier molecular flexibility index (Phi) is 3.87. The van der Waals surface area contributed by atoms with Crippen LogP contribution in [0.1, 0.15) is 33.9 Å². The van der Waals surface area contributed by atoms with E-state index in [1.54, 1.807) is 6.33 Å². The van der Waals surface area contributed by atoms with Crippen molar-refractivity contribution >= 4 is 0 Å². The van der Waals surface area contributed by atoms with Crippen LogP contribution in [0.15, 0.2) is 61.1 Å². The average molecular weight is 276 g/mol. The third kappa shape index (κ3) is 3.05. The number of aryl methyl sites for hydroxylation is 2. The molecule has 0 spiro atoms. The molecule has 0 aliphatic heterocycles. The highest BCUT2D eigenvalue weighted by atomic mass is 14.9. The number of hydrogen-bond donors (Lipinski definition) is 1. The Labute approximate surface area is 125 Å². The molecule has 3 aromatic rings. The number of benzene rings is 2. The summed E-state index contributed by atoms with van der Waals surface area (Å²) in [4.78, 5) is 7.38. The van der Waals surface area contributed by atoms with Gasteiger partial charge in [-0.3, -0.25) is 0 Å². The number of rotatable bonds is 4. The summed E-state index contributed by atoms with van der Waals surface area (Å²) >= 11 is 0. The number of nitrogens with zero attached hydrogens (tertiary/aromatic N) is 1. The lowest BCUT2D eigenvalue weighted by Gasteiger charge is -2.20. The van der Waals surface area contributed by atoms with E-state index in [9.17, 15) is 0 Å². The van der Waals surface area contributed by atoms with Crippen molar-refractivity contribution in [1.29, 1.82) is 0 Å². The smallest absolute Gasteiger partial charge is 0.0921 e. The molecule has 1 N–H and O–H groups in total. The van der Waals surface area contributed by atoms with Crippen LogP contribution in [0.5, 0.6) is 0 Å². The molecule has 2 aromatic carbocycles. The van der Waals surface area contributed by atoms with E-state index >= 15 is 0 Å². The largest absolute Gasteiger partial charge is 0.348 e. The van der Waals surface area contributed by atoms with Gasteiger partial charge in [-0.25, -0.2) is 4.98 Å². The van der Waals surface area contributed by atoms with Crippen molar-refractivity contribution in [2.45, 2.75) is 26.2 Å². The van der Waals surface area contributed by atoms with Crippen LogP contribution in [0.2, 0.25) is 0 Å². The first-order chi connectivity index (χ1) is 10.2. The van der Waals surface area contributed by atoms with Crippen molar-refractivity contribution in [3.05, 3.63) is 89.0 Å². The van der Waals surface area contributed by atoms with Crippen LogP contribution >= 0.6 is 0 Å². The maximum Gasteiger partial charge on any atom is 0.0921 e. The first-order valence-corrected chi connectivity index (χ1v) is 7.33. The Morgan fingerprint density at radius 1 is 1.05 bits per heavy atom. The first-order valence-electron chi connectivity index (χ1n) is 7.33. The molecule has 3 rings (SSSR count). The van der Waals surface area contributed by atoms with Crippen molar-refractivity contribution in [3.63, 3.8) is 0 Å². The van der Waals surface area contributed by atoms with Crippen LogP contribution in [-0.2, 0) is 6.42 Å². The predicted octanol–water partition coefficient (Wildman–Crippen LogP) is 4.40. The lowest BCUT2D eigenvalue weighted by Crippen LogP contribution is -2.07. The molecule has 0 aliphatic rings. The van der Waals surface area contributed by atoms with E-state index in [1.165, 1.54) is 27.9 Å². The second kappa shape index (κ2) is 5.96. The van der Waals surface area contributed by atoms with Gasteiger partial charge >= 0.3 is 0 Å². The predicted molar refractivity (Wildman–Crippen MR) is 86.5 cm³/mol. The van der Waals surface area contributed by atoms with Crippen molar-refractivity contribution in [1.82, 2.24) is 9.97 Å². The molecule has 2 nitrogen and oxygen atoms in total. The molecule has 0 fully saturated rings. The summed E-state index contributed by atoms with van der Waals surface area (Å²) in [6, 6.07) is 17.4. The van der Waals surface area contributed by atoms with Gasteiger partial charge in [-0.2, -0.15) is 0 Å². The minimum atomic E-state index is 0.353. The van der Waals surface area contributed by atoms with Gasteiger partial charge in [0.1, 0.15) is 0 Å². The Hall–Kier alpha value is -2.35. The molecule has 0 aliphatic carbocycles. The van der Waals surface area contributed by atoms with Crippen LogP contribution in [-0.4, -0.2) is 9.97 Å².